The number of hydrogen-bond acceptors (Lipinski definition) is 3. The van der Waals surface area contributed by atoms with Gasteiger partial charge in [0.25, 0.3) is 0 Å². The predicted molar refractivity (Wildman–Crippen MR) is 33.9 cm³/mol. The highest BCUT2D eigenvalue weighted by molar-refractivity contribution is 7.86. The van der Waals surface area contributed by atoms with E-state index in [9.17, 15) is 12.3 Å². The van der Waals surface area contributed by atoms with Crippen LogP contribution in [-0.4, -0.2) is 26.9 Å². The van der Waals surface area contributed by atoms with Crippen LogP contribution in [0, 0.1) is 0 Å². The molecule has 60 valence electrons. The van der Waals surface area contributed by atoms with Crippen molar-refractivity contribution in [2.45, 2.75) is 18.4 Å². The standard InChI is InChI=1S/C5H9FO3S/c1-9-5(2-3-5)4-10(6,7)8/h2-4H2,1H3. The van der Waals surface area contributed by atoms with Gasteiger partial charge >= 0.3 is 10.2 Å². The highest BCUT2D eigenvalue weighted by Gasteiger charge is 2.46. The van der Waals surface area contributed by atoms with Crippen molar-refractivity contribution in [1.29, 1.82) is 0 Å². The molecule has 0 atom stereocenters. The summed E-state index contributed by atoms with van der Waals surface area (Å²) >= 11 is 0. The molecule has 0 bridgehead atoms. The monoisotopic (exact) mass is 168 g/mol. The highest BCUT2D eigenvalue weighted by Crippen LogP contribution is 2.40. The average Bonchev–Trinajstić information content (AvgIpc) is 2.45. The molecule has 10 heavy (non-hydrogen) atoms. The molecule has 1 aliphatic carbocycles. The second-order valence-electron chi connectivity index (χ2n) is 2.57. The van der Waals surface area contributed by atoms with Crippen LogP contribution in [-0.2, 0) is 15.0 Å². The summed E-state index contributed by atoms with van der Waals surface area (Å²) in [5.74, 6) is -0.490. The lowest BCUT2D eigenvalue weighted by Crippen LogP contribution is -2.21. The minimum absolute atomic E-state index is 0.490. The van der Waals surface area contributed by atoms with Crippen molar-refractivity contribution in [3.05, 3.63) is 0 Å². The van der Waals surface area contributed by atoms with Crippen LogP contribution in [0.2, 0.25) is 0 Å². The smallest absolute Gasteiger partial charge is 0.305 e. The summed E-state index contributed by atoms with van der Waals surface area (Å²) in [4.78, 5) is 0. The van der Waals surface area contributed by atoms with Gasteiger partial charge < -0.3 is 4.74 Å². The molecule has 0 heterocycles. The molecular formula is C5H9FO3S. The Labute approximate surface area is 59.4 Å². The van der Waals surface area contributed by atoms with E-state index in [-0.39, 0.29) is 0 Å². The normalized spacial score (nSPS) is 22.6. The van der Waals surface area contributed by atoms with Crippen LogP contribution in [0.3, 0.4) is 0 Å². The zero-order valence-corrected chi connectivity index (χ0v) is 6.45. The van der Waals surface area contributed by atoms with E-state index < -0.39 is 21.6 Å². The van der Waals surface area contributed by atoms with Crippen LogP contribution in [0.15, 0.2) is 0 Å². The molecule has 0 spiro atoms. The summed E-state index contributed by atoms with van der Waals surface area (Å²) in [5, 5.41) is 0. The zero-order valence-electron chi connectivity index (χ0n) is 5.63. The third kappa shape index (κ3) is 1.91. The first-order valence-corrected chi connectivity index (χ1v) is 4.50. The second kappa shape index (κ2) is 2.17. The van der Waals surface area contributed by atoms with Crippen LogP contribution in [0.25, 0.3) is 0 Å². The van der Waals surface area contributed by atoms with Gasteiger partial charge in [-0.1, -0.05) is 0 Å². The fourth-order valence-electron chi connectivity index (χ4n) is 0.861. The Hall–Kier alpha value is -0.160. The molecule has 0 N–H and O–H groups in total. The van der Waals surface area contributed by atoms with Crippen molar-refractivity contribution in [1.82, 2.24) is 0 Å². The van der Waals surface area contributed by atoms with Crippen molar-refractivity contribution in [2.75, 3.05) is 12.9 Å². The number of halogens is 1. The van der Waals surface area contributed by atoms with Gasteiger partial charge in [0.2, 0.25) is 0 Å². The molecule has 1 saturated carbocycles. The molecule has 0 aliphatic heterocycles. The number of rotatable bonds is 3. The number of ether oxygens (including phenoxy) is 1. The molecule has 0 aromatic carbocycles. The van der Waals surface area contributed by atoms with Gasteiger partial charge in [0, 0.05) is 7.11 Å². The van der Waals surface area contributed by atoms with Crippen LogP contribution in [0.5, 0.6) is 0 Å². The SMILES string of the molecule is COC1(CS(=O)(=O)F)CC1. The van der Waals surface area contributed by atoms with Crippen LogP contribution in [0.1, 0.15) is 12.8 Å². The maximum Gasteiger partial charge on any atom is 0.305 e. The Morgan fingerprint density at radius 3 is 2.20 bits per heavy atom. The fraction of sp³-hybridized carbons (Fsp3) is 1.00. The van der Waals surface area contributed by atoms with Gasteiger partial charge in [-0.15, -0.1) is 3.89 Å². The van der Waals surface area contributed by atoms with E-state index in [4.69, 9.17) is 4.74 Å². The lowest BCUT2D eigenvalue weighted by atomic mass is 10.4. The summed E-state index contributed by atoms with van der Waals surface area (Å²) in [6.45, 7) is 0. The summed E-state index contributed by atoms with van der Waals surface area (Å²) in [5.41, 5.74) is -0.687. The van der Waals surface area contributed by atoms with Crippen LogP contribution >= 0.6 is 0 Å². The summed E-state index contributed by atoms with van der Waals surface area (Å²) < 4.78 is 37.0. The van der Waals surface area contributed by atoms with E-state index in [0.29, 0.717) is 12.8 Å². The number of hydrogen-bond donors (Lipinski definition) is 0. The molecule has 3 nitrogen and oxygen atoms in total. The maximum absolute atomic E-state index is 12.0. The van der Waals surface area contributed by atoms with Gasteiger partial charge in [-0.3, -0.25) is 0 Å². The topological polar surface area (TPSA) is 43.4 Å². The van der Waals surface area contributed by atoms with Gasteiger partial charge in [0.15, 0.2) is 0 Å². The lowest BCUT2D eigenvalue weighted by molar-refractivity contribution is 0.0986. The van der Waals surface area contributed by atoms with Crippen molar-refractivity contribution in [3.8, 4) is 0 Å². The van der Waals surface area contributed by atoms with E-state index in [1.165, 1.54) is 7.11 Å². The van der Waals surface area contributed by atoms with Gasteiger partial charge in [-0.05, 0) is 12.8 Å². The Balaban J connectivity index is 2.54. The van der Waals surface area contributed by atoms with Crippen molar-refractivity contribution in [2.24, 2.45) is 0 Å². The fourth-order valence-corrected chi connectivity index (χ4v) is 1.90. The molecule has 0 aromatic heterocycles. The molecule has 5 heteroatoms. The third-order valence-corrected chi connectivity index (χ3v) is 2.55. The largest absolute Gasteiger partial charge is 0.377 e. The highest BCUT2D eigenvalue weighted by atomic mass is 32.3. The maximum atomic E-state index is 12.0. The van der Waals surface area contributed by atoms with Crippen molar-refractivity contribution >= 4 is 10.2 Å². The minimum Gasteiger partial charge on any atom is -0.377 e. The van der Waals surface area contributed by atoms with E-state index >= 15 is 0 Å². The van der Waals surface area contributed by atoms with E-state index in [1.807, 2.05) is 0 Å². The molecule has 1 aliphatic rings. The van der Waals surface area contributed by atoms with Gasteiger partial charge in [0.1, 0.15) is 5.75 Å². The quantitative estimate of drug-likeness (QED) is 0.575. The summed E-state index contributed by atoms with van der Waals surface area (Å²) in [7, 11) is -2.96. The third-order valence-electron chi connectivity index (χ3n) is 1.68. The Kier molecular flexibility index (Phi) is 1.72. The number of methoxy groups -OCH3 is 1. The summed E-state index contributed by atoms with van der Waals surface area (Å²) in [6.07, 6.45) is 1.29. The van der Waals surface area contributed by atoms with Crippen LogP contribution in [0.4, 0.5) is 3.89 Å². The van der Waals surface area contributed by atoms with E-state index in [2.05, 4.69) is 0 Å². The minimum atomic E-state index is -4.36. The average molecular weight is 168 g/mol. The Morgan fingerprint density at radius 2 is 2.10 bits per heavy atom. The predicted octanol–water partition coefficient (Wildman–Crippen LogP) is 0.465. The van der Waals surface area contributed by atoms with E-state index in [1.54, 1.807) is 0 Å². The molecule has 0 radical (unpaired) electrons. The first-order valence-electron chi connectivity index (χ1n) is 2.95. The molecule has 0 aromatic rings. The van der Waals surface area contributed by atoms with Gasteiger partial charge in [-0.2, -0.15) is 8.42 Å². The molecule has 0 amide bonds. The van der Waals surface area contributed by atoms with Gasteiger partial charge in [-0.25, -0.2) is 0 Å². The Morgan fingerprint density at radius 1 is 1.60 bits per heavy atom. The molecule has 0 saturated heterocycles. The van der Waals surface area contributed by atoms with Crippen molar-refractivity contribution < 1.29 is 17.0 Å². The zero-order chi connectivity index (χ0) is 7.83. The second-order valence-corrected chi connectivity index (χ2v) is 3.94. The van der Waals surface area contributed by atoms with Gasteiger partial charge in [0.05, 0.1) is 5.60 Å². The first-order chi connectivity index (χ1) is 4.47. The summed E-state index contributed by atoms with van der Waals surface area (Å²) in [6, 6.07) is 0. The first kappa shape index (κ1) is 7.94. The van der Waals surface area contributed by atoms with Crippen LogP contribution < -0.4 is 0 Å². The lowest BCUT2D eigenvalue weighted by Gasteiger charge is -2.08. The van der Waals surface area contributed by atoms with E-state index in [0.717, 1.165) is 0 Å². The molecular weight excluding hydrogens is 159 g/mol. The molecule has 1 fully saturated rings. The molecule has 0 unspecified atom stereocenters. The molecule has 1 rings (SSSR count). The van der Waals surface area contributed by atoms with Crippen molar-refractivity contribution in [3.63, 3.8) is 0 Å². The Bertz CT molecular complexity index is 217.